The van der Waals surface area contributed by atoms with Gasteiger partial charge in [-0.05, 0) is 30.4 Å². The fourth-order valence-electron chi connectivity index (χ4n) is 3.59. The Bertz CT molecular complexity index is 633. The Kier molecular flexibility index (Phi) is 4.15. The molecule has 0 unspecified atom stereocenters. The lowest BCUT2D eigenvalue weighted by atomic mass is 9.68. The molecule has 1 saturated heterocycles. The highest BCUT2D eigenvalue weighted by Gasteiger charge is 2.44. The van der Waals surface area contributed by atoms with E-state index in [9.17, 15) is 18.8 Å². The molecule has 0 atom stereocenters. The molecule has 1 saturated carbocycles. The maximum absolute atomic E-state index is 13.6. The summed E-state index contributed by atoms with van der Waals surface area (Å²) >= 11 is 0. The second-order valence-electron chi connectivity index (χ2n) is 6.46. The van der Waals surface area contributed by atoms with Crippen molar-refractivity contribution in [2.45, 2.75) is 44.9 Å². The van der Waals surface area contributed by atoms with Gasteiger partial charge in [-0.3, -0.25) is 19.8 Å². The smallest absolute Gasteiger partial charge is 0.273 e. The first-order valence-electron chi connectivity index (χ1n) is 7.92. The van der Waals surface area contributed by atoms with E-state index in [0.29, 0.717) is 0 Å². The van der Waals surface area contributed by atoms with E-state index in [2.05, 4.69) is 5.43 Å². The molecule has 1 spiro atoms. The molecule has 0 radical (unpaired) electrons. The van der Waals surface area contributed by atoms with Gasteiger partial charge in [-0.1, -0.05) is 31.4 Å². The Hall–Kier alpha value is -2.24. The van der Waals surface area contributed by atoms with Gasteiger partial charge in [-0.25, -0.2) is 4.39 Å². The minimum Gasteiger partial charge on any atom is -0.273 e. The lowest BCUT2D eigenvalue weighted by molar-refractivity contribution is -0.157. The summed E-state index contributed by atoms with van der Waals surface area (Å²) in [4.78, 5) is 36.7. The quantitative estimate of drug-likeness (QED) is 0.852. The highest BCUT2D eigenvalue weighted by Crippen LogP contribution is 2.45. The number of hydrogen-bond acceptors (Lipinski definition) is 3. The van der Waals surface area contributed by atoms with Crippen LogP contribution in [-0.2, 0) is 9.59 Å². The number of nitrogens with zero attached hydrogens (tertiary/aromatic N) is 1. The Balaban J connectivity index is 1.72. The molecule has 23 heavy (non-hydrogen) atoms. The average Bonchev–Trinajstić information content (AvgIpc) is 2.52. The van der Waals surface area contributed by atoms with Crippen molar-refractivity contribution in [3.63, 3.8) is 0 Å². The number of imide groups is 1. The van der Waals surface area contributed by atoms with Crippen molar-refractivity contribution in [2.75, 3.05) is 0 Å². The van der Waals surface area contributed by atoms with Gasteiger partial charge in [0.25, 0.3) is 5.91 Å². The molecule has 1 aliphatic heterocycles. The molecule has 3 rings (SSSR count). The third kappa shape index (κ3) is 3.11. The third-order valence-electron chi connectivity index (χ3n) is 4.80. The van der Waals surface area contributed by atoms with Gasteiger partial charge in [-0.2, -0.15) is 5.01 Å². The summed E-state index contributed by atoms with van der Waals surface area (Å²) in [6.07, 6.45) is 5.47. The van der Waals surface area contributed by atoms with Crippen molar-refractivity contribution in [1.82, 2.24) is 10.4 Å². The minimum atomic E-state index is -0.788. The number of carbonyl (C=O) groups is 3. The number of halogens is 1. The highest BCUT2D eigenvalue weighted by atomic mass is 19.1. The molecule has 5 nitrogen and oxygen atoms in total. The van der Waals surface area contributed by atoms with Gasteiger partial charge >= 0.3 is 0 Å². The lowest BCUT2D eigenvalue weighted by Gasteiger charge is -2.42. The van der Waals surface area contributed by atoms with Crippen LogP contribution < -0.4 is 5.43 Å². The molecule has 2 fully saturated rings. The van der Waals surface area contributed by atoms with Gasteiger partial charge in [0, 0.05) is 12.8 Å². The number of nitrogens with one attached hydrogen (secondary N) is 1. The zero-order valence-electron chi connectivity index (χ0n) is 12.8. The zero-order chi connectivity index (χ0) is 16.4. The highest BCUT2D eigenvalue weighted by molar-refractivity contribution is 6.03. The number of hydrogen-bond donors (Lipinski definition) is 1. The van der Waals surface area contributed by atoms with E-state index >= 15 is 0 Å². The van der Waals surface area contributed by atoms with E-state index in [4.69, 9.17) is 0 Å². The van der Waals surface area contributed by atoms with Crippen LogP contribution in [0.3, 0.4) is 0 Å². The van der Waals surface area contributed by atoms with Crippen molar-refractivity contribution >= 4 is 17.7 Å². The first-order chi connectivity index (χ1) is 11.0. The fraction of sp³-hybridized carbons (Fsp3) is 0.471. The first kappa shape index (κ1) is 15.6. The van der Waals surface area contributed by atoms with Crippen molar-refractivity contribution in [2.24, 2.45) is 5.41 Å². The van der Waals surface area contributed by atoms with Crippen molar-refractivity contribution < 1.29 is 18.8 Å². The van der Waals surface area contributed by atoms with Gasteiger partial charge < -0.3 is 0 Å². The van der Waals surface area contributed by atoms with Gasteiger partial charge in [0.2, 0.25) is 11.8 Å². The summed E-state index contributed by atoms with van der Waals surface area (Å²) in [6, 6.07) is 5.46. The van der Waals surface area contributed by atoms with E-state index in [1.54, 1.807) is 0 Å². The predicted molar refractivity (Wildman–Crippen MR) is 80.5 cm³/mol. The van der Waals surface area contributed by atoms with Crippen LogP contribution in [0.5, 0.6) is 0 Å². The van der Waals surface area contributed by atoms with Crippen molar-refractivity contribution in [1.29, 1.82) is 0 Å². The summed E-state index contributed by atoms with van der Waals surface area (Å²) in [5.74, 6) is -2.30. The lowest BCUT2D eigenvalue weighted by Crippen LogP contribution is -2.56. The van der Waals surface area contributed by atoms with Crippen LogP contribution in [0.15, 0.2) is 24.3 Å². The molecule has 122 valence electrons. The van der Waals surface area contributed by atoms with E-state index in [1.807, 2.05) is 0 Å². The third-order valence-corrected chi connectivity index (χ3v) is 4.80. The van der Waals surface area contributed by atoms with Crippen LogP contribution in [0.2, 0.25) is 0 Å². The molecule has 1 heterocycles. The van der Waals surface area contributed by atoms with Gasteiger partial charge in [0.1, 0.15) is 5.82 Å². The Labute approximate surface area is 133 Å². The Morgan fingerprint density at radius 1 is 1.04 bits per heavy atom. The number of carbonyl (C=O) groups excluding carboxylic acids is 3. The second kappa shape index (κ2) is 6.10. The van der Waals surface area contributed by atoms with Crippen LogP contribution in [0.1, 0.15) is 55.3 Å². The molecule has 3 amide bonds. The molecule has 1 aliphatic carbocycles. The second-order valence-corrected chi connectivity index (χ2v) is 6.46. The standard InChI is InChI=1S/C17H19FN2O3/c18-13-7-3-2-6-12(13)16(23)19-20-14(21)10-17(11-15(20)22)8-4-1-5-9-17/h2-3,6-7H,1,4-5,8-11H2,(H,19,23). The fourth-order valence-corrected chi connectivity index (χ4v) is 3.59. The summed E-state index contributed by atoms with van der Waals surface area (Å²) in [6.45, 7) is 0. The van der Waals surface area contributed by atoms with E-state index in [1.165, 1.54) is 18.2 Å². The molecule has 6 heteroatoms. The van der Waals surface area contributed by atoms with E-state index in [0.717, 1.165) is 43.2 Å². The molecular weight excluding hydrogens is 299 g/mol. The molecule has 1 N–H and O–H groups in total. The Morgan fingerprint density at radius 3 is 2.26 bits per heavy atom. The molecule has 1 aromatic carbocycles. The number of amides is 3. The molecule has 2 aliphatic rings. The van der Waals surface area contributed by atoms with Gasteiger partial charge in [0.15, 0.2) is 0 Å². The summed E-state index contributed by atoms with van der Waals surface area (Å²) in [5.41, 5.74) is 1.82. The van der Waals surface area contributed by atoms with Gasteiger partial charge in [0.05, 0.1) is 5.56 Å². The number of piperidine rings is 1. The minimum absolute atomic E-state index is 0.189. The molecule has 1 aromatic rings. The summed E-state index contributed by atoms with van der Waals surface area (Å²) < 4.78 is 13.6. The largest absolute Gasteiger partial charge is 0.273 e. The number of rotatable bonds is 2. The monoisotopic (exact) mass is 318 g/mol. The molecule has 0 aromatic heterocycles. The first-order valence-corrected chi connectivity index (χ1v) is 7.92. The summed E-state index contributed by atoms with van der Waals surface area (Å²) in [5, 5.41) is 0.759. The van der Waals surface area contributed by atoms with Crippen molar-refractivity contribution in [3.8, 4) is 0 Å². The molecule has 0 bridgehead atoms. The maximum atomic E-state index is 13.6. The van der Waals surface area contributed by atoms with Crippen LogP contribution >= 0.6 is 0 Å². The van der Waals surface area contributed by atoms with Crippen LogP contribution in [-0.4, -0.2) is 22.7 Å². The zero-order valence-corrected chi connectivity index (χ0v) is 12.8. The molecular formula is C17H19FN2O3. The van der Waals surface area contributed by atoms with Crippen molar-refractivity contribution in [3.05, 3.63) is 35.6 Å². The van der Waals surface area contributed by atoms with Crippen LogP contribution in [0.25, 0.3) is 0 Å². The van der Waals surface area contributed by atoms with Gasteiger partial charge in [-0.15, -0.1) is 0 Å². The average molecular weight is 318 g/mol. The predicted octanol–water partition coefficient (Wildman–Crippen LogP) is 2.57. The maximum Gasteiger partial charge on any atom is 0.273 e. The van der Waals surface area contributed by atoms with Crippen LogP contribution in [0.4, 0.5) is 4.39 Å². The Morgan fingerprint density at radius 2 is 1.65 bits per heavy atom. The normalized spacial score (nSPS) is 20.7. The summed E-state index contributed by atoms with van der Waals surface area (Å²) in [7, 11) is 0. The van der Waals surface area contributed by atoms with Crippen LogP contribution in [0, 0.1) is 11.2 Å². The SMILES string of the molecule is O=C(NN1C(=O)CC2(CCCCC2)CC1=O)c1ccccc1F. The van der Waals surface area contributed by atoms with E-state index in [-0.39, 0.29) is 23.8 Å². The number of benzene rings is 1. The van der Waals surface area contributed by atoms with E-state index < -0.39 is 23.5 Å². The number of hydrazine groups is 1. The topological polar surface area (TPSA) is 66.5 Å².